The van der Waals surface area contributed by atoms with Gasteiger partial charge < -0.3 is 20.1 Å². The fourth-order valence-electron chi connectivity index (χ4n) is 6.85. The second kappa shape index (κ2) is 25.2. The Bertz CT molecular complexity index is 1610. The average Bonchev–Trinajstić information content (AvgIpc) is 3.65. The minimum Gasteiger partial charge on any atom is -0.481 e. The van der Waals surface area contributed by atoms with Gasteiger partial charge in [0.25, 0.3) is 0 Å². The van der Waals surface area contributed by atoms with Gasteiger partial charge in [0.05, 0.1) is 5.92 Å². The lowest BCUT2D eigenvalue weighted by molar-refractivity contribution is -0.148. The average molecular weight is 795 g/mol. The maximum Gasteiger partial charge on any atom is 0.306 e. The smallest absolute Gasteiger partial charge is 0.306 e. The van der Waals surface area contributed by atoms with Gasteiger partial charge in [0.1, 0.15) is 16.6 Å². The summed E-state index contributed by atoms with van der Waals surface area (Å²) in [6.45, 7) is 13.8. The van der Waals surface area contributed by atoms with Crippen LogP contribution in [0.15, 0.2) is 29.6 Å². The Morgan fingerprint density at radius 1 is 0.964 bits per heavy atom. The number of hydrogen-bond acceptors (Lipinski definition) is 9. The van der Waals surface area contributed by atoms with E-state index in [0.717, 1.165) is 49.8 Å². The van der Waals surface area contributed by atoms with E-state index in [2.05, 4.69) is 51.8 Å². The molecule has 1 aromatic heterocycles. The number of nitrogens with one attached hydrogen (secondary N) is 2. The summed E-state index contributed by atoms with van der Waals surface area (Å²) in [5.74, 6) is -0.189. The van der Waals surface area contributed by atoms with Gasteiger partial charge in [-0.1, -0.05) is 83.2 Å². The van der Waals surface area contributed by atoms with Crippen LogP contribution in [0.2, 0.25) is 0 Å². The monoisotopic (exact) mass is 794 g/mol. The second-order valence-electron chi connectivity index (χ2n) is 15.6. The number of carbonyl (C=O) groups excluding carboxylic acids is 4. The number of hydrogen-bond donors (Lipinski definition) is 3. The van der Waals surface area contributed by atoms with E-state index < -0.39 is 29.9 Å². The van der Waals surface area contributed by atoms with Gasteiger partial charge >= 0.3 is 11.9 Å². The molecule has 0 aliphatic carbocycles. The van der Waals surface area contributed by atoms with E-state index in [-0.39, 0.29) is 47.8 Å². The predicted octanol–water partition coefficient (Wildman–Crippen LogP) is 7.77. The molecule has 0 spiro atoms. The van der Waals surface area contributed by atoms with Crippen LogP contribution >= 0.6 is 11.3 Å². The van der Waals surface area contributed by atoms with Crippen molar-refractivity contribution in [2.45, 2.75) is 131 Å². The minimum atomic E-state index is -0.826. The number of benzene rings is 1. The number of aromatic nitrogens is 1. The molecule has 11 nitrogen and oxygen atoms in total. The molecule has 310 valence electrons. The van der Waals surface area contributed by atoms with E-state index in [1.807, 2.05) is 41.7 Å². The van der Waals surface area contributed by atoms with Gasteiger partial charge in [0, 0.05) is 50.2 Å². The number of esters is 1. The molecule has 1 heterocycles. The molecule has 2 amide bonds. The number of unbranched alkanes of at least 4 members (excludes halogenated alkanes) is 2. The Kier molecular flexibility index (Phi) is 21.7. The summed E-state index contributed by atoms with van der Waals surface area (Å²) in [5, 5.41) is 17.5. The predicted molar refractivity (Wildman–Crippen MR) is 222 cm³/mol. The first-order valence-electron chi connectivity index (χ1n) is 20.2. The van der Waals surface area contributed by atoms with E-state index in [4.69, 9.17) is 4.74 Å². The quantitative estimate of drug-likeness (QED) is 0.0301. The zero-order valence-corrected chi connectivity index (χ0v) is 35.9. The van der Waals surface area contributed by atoms with Crippen LogP contribution in [0.25, 0.3) is 0 Å². The number of thiazole rings is 1. The summed E-state index contributed by atoms with van der Waals surface area (Å²) < 4.78 is 5.79. The molecule has 0 aliphatic rings. The van der Waals surface area contributed by atoms with Crippen LogP contribution < -0.4 is 10.6 Å². The lowest BCUT2D eigenvalue weighted by Gasteiger charge is -2.34. The second-order valence-corrected chi connectivity index (χ2v) is 16.5. The number of ether oxygens (including phenoxy) is 1. The summed E-state index contributed by atoms with van der Waals surface area (Å²) in [6, 6.07) is 10.7. The van der Waals surface area contributed by atoms with Gasteiger partial charge in [0.2, 0.25) is 11.8 Å². The fourth-order valence-corrected chi connectivity index (χ4v) is 7.70. The van der Waals surface area contributed by atoms with Crippen LogP contribution in [0.4, 0.5) is 0 Å². The minimum absolute atomic E-state index is 0.0161. The van der Waals surface area contributed by atoms with Crippen molar-refractivity contribution in [1.82, 2.24) is 20.5 Å². The number of ketones is 1. The number of aliphatic carboxylic acids is 1. The molecule has 0 aliphatic heterocycles. The number of carboxylic acid groups (broad SMARTS) is 1. The van der Waals surface area contributed by atoms with Gasteiger partial charge in [0.15, 0.2) is 11.9 Å². The maximum absolute atomic E-state index is 13.9. The highest BCUT2D eigenvalue weighted by atomic mass is 32.1. The van der Waals surface area contributed by atoms with Crippen LogP contribution in [0, 0.1) is 48.5 Å². The van der Waals surface area contributed by atoms with Crippen molar-refractivity contribution in [1.29, 1.82) is 0 Å². The third-order valence-corrected chi connectivity index (χ3v) is 11.2. The normalized spacial score (nSPS) is 14.4. The van der Waals surface area contributed by atoms with Gasteiger partial charge in [-0.05, 0) is 82.9 Å². The van der Waals surface area contributed by atoms with Crippen LogP contribution in [-0.4, -0.2) is 71.2 Å². The molecule has 0 bridgehead atoms. The molecule has 0 radical (unpaired) electrons. The van der Waals surface area contributed by atoms with Crippen molar-refractivity contribution in [2.75, 3.05) is 20.6 Å². The first-order chi connectivity index (χ1) is 26.6. The van der Waals surface area contributed by atoms with Crippen molar-refractivity contribution in [2.24, 2.45) is 29.6 Å². The fraction of sp³-hybridized carbons (Fsp3) is 0.636. The Morgan fingerprint density at radius 2 is 1.66 bits per heavy atom. The van der Waals surface area contributed by atoms with Gasteiger partial charge in [-0.15, -0.1) is 11.3 Å². The highest BCUT2D eigenvalue weighted by molar-refractivity contribution is 7.09. The van der Waals surface area contributed by atoms with Crippen molar-refractivity contribution in [3.8, 4) is 12.0 Å². The molecule has 3 N–H and O–H groups in total. The van der Waals surface area contributed by atoms with Crippen LogP contribution in [0.5, 0.6) is 0 Å². The van der Waals surface area contributed by atoms with Gasteiger partial charge in [-0.3, -0.25) is 29.3 Å². The molecule has 0 fully saturated rings. The lowest BCUT2D eigenvalue weighted by atomic mass is 9.84. The summed E-state index contributed by atoms with van der Waals surface area (Å²) in [6.07, 6.45) is 6.35. The SMILES string of the molecule is CCC[C@H](C#CNC(=O)CCCCCNC)C(=O)N(C)[C@H](C[C@@H](OC(C)=O)c1nc(C(=O)[C@H](C)CC[C@@H](Cc2ccc(C)cc2)CC(C)C(=O)O)cs1)C(C)C. The summed E-state index contributed by atoms with van der Waals surface area (Å²) in [7, 11) is 3.63. The Morgan fingerprint density at radius 3 is 2.27 bits per heavy atom. The molecule has 56 heavy (non-hydrogen) atoms. The zero-order chi connectivity index (χ0) is 41.8. The van der Waals surface area contributed by atoms with Gasteiger partial charge in [-0.25, -0.2) is 4.98 Å². The highest BCUT2D eigenvalue weighted by Gasteiger charge is 2.33. The topological polar surface area (TPSA) is 155 Å². The summed E-state index contributed by atoms with van der Waals surface area (Å²) in [5.41, 5.74) is 2.60. The molecule has 2 aromatic rings. The molecule has 2 rings (SSSR count). The van der Waals surface area contributed by atoms with E-state index >= 15 is 0 Å². The summed E-state index contributed by atoms with van der Waals surface area (Å²) in [4.78, 5) is 70.2. The Labute approximate surface area is 339 Å². The first-order valence-corrected chi connectivity index (χ1v) is 21.1. The summed E-state index contributed by atoms with van der Waals surface area (Å²) >= 11 is 1.25. The van der Waals surface area contributed by atoms with Crippen LogP contribution in [0.3, 0.4) is 0 Å². The number of Topliss-reactive ketones (excluding diaryl/α,β-unsaturated/α-hetero) is 1. The Balaban J connectivity index is 2.17. The molecule has 0 saturated heterocycles. The van der Waals surface area contributed by atoms with E-state index in [0.29, 0.717) is 42.8 Å². The largest absolute Gasteiger partial charge is 0.481 e. The van der Waals surface area contributed by atoms with Crippen molar-refractivity contribution in [3.63, 3.8) is 0 Å². The van der Waals surface area contributed by atoms with Crippen LogP contribution in [0.1, 0.15) is 138 Å². The van der Waals surface area contributed by atoms with Crippen molar-refractivity contribution >= 4 is 40.9 Å². The van der Waals surface area contributed by atoms with Crippen molar-refractivity contribution < 1.29 is 33.8 Å². The lowest BCUT2D eigenvalue weighted by Crippen LogP contribution is -2.44. The van der Waals surface area contributed by atoms with E-state index in [9.17, 15) is 29.1 Å². The zero-order valence-electron chi connectivity index (χ0n) is 35.1. The van der Waals surface area contributed by atoms with Crippen molar-refractivity contribution in [3.05, 3.63) is 51.5 Å². The number of amides is 2. The number of rotatable bonds is 25. The highest BCUT2D eigenvalue weighted by Crippen LogP contribution is 2.32. The standard InChI is InChI=1S/C44H66N4O7S/c1-10-14-36(22-24-46-40(50)15-12-11-13-23-45-8)43(52)48(9)38(29(2)3)27-39(55-33(7)49)42-47-37(28-56-42)41(51)31(5)18-21-35(25-32(6)44(53)54)26-34-19-16-30(4)17-20-34/h16-17,19-20,28-29,31-32,35-36,38-39,45H,10-15,18,21,23,25-27H2,1-9H3,(H,46,50)(H,53,54)/t31-,32?,35-,36-,38-,39-/m1/s1. The molecular weight excluding hydrogens is 729 g/mol. The third-order valence-electron chi connectivity index (χ3n) is 10.3. The number of carbonyl (C=O) groups is 5. The van der Waals surface area contributed by atoms with E-state index in [1.54, 1.807) is 24.3 Å². The first kappa shape index (κ1) is 48.1. The van der Waals surface area contributed by atoms with E-state index in [1.165, 1.54) is 18.3 Å². The van der Waals surface area contributed by atoms with Crippen LogP contribution in [-0.2, 0) is 30.3 Å². The molecule has 12 heteroatoms. The molecule has 0 saturated carbocycles. The number of nitrogens with zero attached hydrogens (tertiary/aromatic N) is 2. The maximum atomic E-state index is 13.9. The number of carboxylic acids is 1. The third kappa shape index (κ3) is 17.0. The van der Waals surface area contributed by atoms with Gasteiger partial charge in [-0.2, -0.15) is 0 Å². The molecule has 1 aromatic carbocycles. The molecular formula is C44H66N4O7S. The Hall–Kier alpha value is -4.08. The molecule has 6 atom stereocenters. The molecule has 1 unspecified atom stereocenters. The number of aryl methyl sites for hydroxylation is 1.